The molecule has 2 unspecified atom stereocenters. The standard InChI is InChI=1S/C29H38N4O4/c1-37-31-27(29(35)36)26-28(34)33(25-12-5-4-11-24(25)30-26)23-16-20-9-6-10-21(17-23)32(20)22-14-18-7-2-3-8-19(13-18)15-22/h4-5,11-12,18-23H,2-3,6-10,13-17H2,1H3,(H,35,36)/b31-27-/t18-,19+,20-,21+,22?,23?. The van der Waals surface area contributed by atoms with E-state index in [4.69, 9.17) is 4.84 Å². The molecule has 2 aliphatic carbocycles. The van der Waals surface area contributed by atoms with Crippen LogP contribution in [0.25, 0.3) is 11.0 Å². The van der Waals surface area contributed by atoms with Gasteiger partial charge in [0.25, 0.3) is 5.56 Å². The molecule has 0 amide bonds. The summed E-state index contributed by atoms with van der Waals surface area (Å²) < 4.78 is 1.83. The number of aliphatic carboxylic acids is 1. The van der Waals surface area contributed by atoms with Crippen LogP contribution in [0.15, 0.2) is 34.2 Å². The number of nitrogens with zero attached hydrogens (tertiary/aromatic N) is 4. The maximum Gasteiger partial charge on any atom is 0.360 e. The summed E-state index contributed by atoms with van der Waals surface area (Å²) in [6.45, 7) is 0. The number of aromatic nitrogens is 2. The molecule has 4 bridgehead atoms. The smallest absolute Gasteiger partial charge is 0.360 e. The first kappa shape index (κ1) is 24.6. The fourth-order valence-corrected chi connectivity index (χ4v) is 8.25. The second-order valence-electron chi connectivity index (χ2n) is 11.7. The Labute approximate surface area is 217 Å². The van der Waals surface area contributed by atoms with Crippen molar-refractivity contribution in [1.29, 1.82) is 0 Å². The van der Waals surface area contributed by atoms with E-state index in [0.29, 0.717) is 23.6 Å². The van der Waals surface area contributed by atoms with Crippen LogP contribution in [0.3, 0.4) is 0 Å². The van der Waals surface area contributed by atoms with Gasteiger partial charge in [0.2, 0.25) is 5.71 Å². The molecule has 8 heteroatoms. The number of carboxylic acids is 1. The molecule has 1 N–H and O–H groups in total. The van der Waals surface area contributed by atoms with Crippen molar-refractivity contribution in [2.45, 2.75) is 101 Å². The maximum absolute atomic E-state index is 13.9. The molecule has 6 rings (SSSR count). The minimum atomic E-state index is -1.32. The summed E-state index contributed by atoms with van der Waals surface area (Å²) in [4.78, 5) is 37.9. The maximum atomic E-state index is 13.9. The number of benzene rings is 1. The highest BCUT2D eigenvalue weighted by Gasteiger charge is 2.45. The number of hydrogen-bond acceptors (Lipinski definition) is 6. The van der Waals surface area contributed by atoms with Crippen molar-refractivity contribution in [3.05, 3.63) is 40.3 Å². The Balaban J connectivity index is 1.36. The number of piperidine rings is 2. The molecule has 2 saturated carbocycles. The van der Waals surface area contributed by atoms with Crippen molar-refractivity contribution < 1.29 is 14.7 Å². The highest BCUT2D eigenvalue weighted by Crippen LogP contribution is 2.46. The van der Waals surface area contributed by atoms with Gasteiger partial charge in [-0.15, -0.1) is 0 Å². The zero-order chi connectivity index (χ0) is 25.5. The average molecular weight is 507 g/mol. The Bertz CT molecular complexity index is 1230. The van der Waals surface area contributed by atoms with Crippen molar-refractivity contribution >= 4 is 22.7 Å². The zero-order valence-electron chi connectivity index (χ0n) is 21.7. The summed E-state index contributed by atoms with van der Waals surface area (Å²) in [5, 5.41) is 13.4. The Morgan fingerprint density at radius 3 is 2.24 bits per heavy atom. The van der Waals surface area contributed by atoms with Crippen LogP contribution in [0.1, 0.15) is 88.8 Å². The van der Waals surface area contributed by atoms with Gasteiger partial charge in [-0.1, -0.05) is 49.4 Å². The Hall–Kier alpha value is -2.74. The van der Waals surface area contributed by atoms with Crippen molar-refractivity contribution in [3.63, 3.8) is 0 Å². The largest absolute Gasteiger partial charge is 0.476 e. The lowest BCUT2D eigenvalue weighted by molar-refractivity contribution is -0.129. The van der Waals surface area contributed by atoms with E-state index in [1.807, 2.05) is 28.8 Å². The monoisotopic (exact) mass is 506 g/mol. The predicted molar refractivity (Wildman–Crippen MR) is 142 cm³/mol. The Kier molecular flexibility index (Phi) is 6.78. The Morgan fingerprint density at radius 1 is 0.919 bits per heavy atom. The quantitative estimate of drug-likeness (QED) is 0.464. The minimum absolute atomic E-state index is 0.00848. The summed E-state index contributed by atoms with van der Waals surface area (Å²) in [7, 11) is 1.28. The molecule has 6 atom stereocenters. The fourth-order valence-electron chi connectivity index (χ4n) is 8.25. The number of fused-ring (bicyclic) bond motifs is 5. The molecule has 8 nitrogen and oxygen atoms in total. The van der Waals surface area contributed by atoms with E-state index in [2.05, 4.69) is 15.0 Å². The SMILES string of the molecule is CO/N=C(\C(=O)O)c1nc2ccccc2n(C2C[C@H]3CCC[C@@H](C2)N3C2C[C@H]3CCCC[C@@H](C2)C3)c1=O. The van der Waals surface area contributed by atoms with Gasteiger partial charge in [0, 0.05) is 24.2 Å². The normalized spacial score (nSPS) is 32.6. The van der Waals surface area contributed by atoms with Crippen LogP contribution in [-0.4, -0.2) is 56.5 Å². The molecule has 2 aromatic rings. The number of rotatable bonds is 5. The number of carboxylic acid groups (broad SMARTS) is 1. The van der Waals surface area contributed by atoms with Gasteiger partial charge in [-0.2, -0.15) is 0 Å². The second kappa shape index (κ2) is 10.2. The van der Waals surface area contributed by atoms with Gasteiger partial charge in [0.1, 0.15) is 7.11 Å². The van der Waals surface area contributed by atoms with E-state index in [1.165, 1.54) is 71.3 Å². The van der Waals surface area contributed by atoms with E-state index in [9.17, 15) is 14.7 Å². The lowest BCUT2D eigenvalue weighted by Gasteiger charge is -2.54. The summed E-state index contributed by atoms with van der Waals surface area (Å²) in [5.41, 5.74) is 0.369. The zero-order valence-corrected chi connectivity index (χ0v) is 21.7. The van der Waals surface area contributed by atoms with Crippen LogP contribution in [-0.2, 0) is 9.63 Å². The van der Waals surface area contributed by atoms with Gasteiger partial charge < -0.3 is 14.5 Å². The van der Waals surface area contributed by atoms with Gasteiger partial charge in [0.15, 0.2) is 5.69 Å². The molecule has 37 heavy (non-hydrogen) atoms. The summed E-state index contributed by atoms with van der Waals surface area (Å²) >= 11 is 0. The van der Waals surface area contributed by atoms with Crippen molar-refractivity contribution in [3.8, 4) is 0 Å². The highest BCUT2D eigenvalue weighted by molar-refractivity contribution is 6.41. The van der Waals surface area contributed by atoms with E-state index >= 15 is 0 Å². The third-order valence-corrected chi connectivity index (χ3v) is 9.55. The molecule has 2 aliphatic heterocycles. The van der Waals surface area contributed by atoms with Crippen LogP contribution in [0, 0.1) is 11.8 Å². The van der Waals surface area contributed by atoms with E-state index < -0.39 is 17.2 Å². The van der Waals surface area contributed by atoms with E-state index in [0.717, 1.165) is 30.2 Å². The summed E-state index contributed by atoms with van der Waals surface area (Å²) in [6, 6.07) is 9.16. The second-order valence-corrected chi connectivity index (χ2v) is 11.7. The third kappa shape index (κ3) is 4.58. The third-order valence-electron chi connectivity index (χ3n) is 9.55. The topological polar surface area (TPSA) is 97.0 Å². The van der Waals surface area contributed by atoms with Gasteiger partial charge >= 0.3 is 5.97 Å². The van der Waals surface area contributed by atoms with Crippen LogP contribution in [0.5, 0.6) is 0 Å². The van der Waals surface area contributed by atoms with Crippen molar-refractivity contribution in [2.75, 3.05) is 7.11 Å². The number of hydrogen-bond donors (Lipinski definition) is 1. The lowest BCUT2D eigenvalue weighted by atomic mass is 9.73. The molecule has 0 radical (unpaired) electrons. The van der Waals surface area contributed by atoms with Crippen LogP contribution in [0.2, 0.25) is 0 Å². The molecule has 1 aromatic carbocycles. The highest BCUT2D eigenvalue weighted by atomic mass is 16.6. The molecule has 1 aromatic heterocycles. The van der Waals surface area contributed by atoms with Gasteiger partial charge in [0.05, 0.1) is 11.0 Å². The molecule has 2 saturated heterocycles. The fraction of sp³-hybridized carbons (Fsp3) is 0.655. The van der Waals surface area contributed by atoms with Gasteiger partial charge in [-0.05, 0) is 68.9 Å². The van der Waals surface area contributed by atoms with Crippen molar-refractivity contribution in [1.82, 2.24) is 14.5 Å². The van der Waals surface area contributed by atoms with E-state index in [-0.39, 0.29) is 11.7 Å². The molecule has 4 aliphatic rings. The lowest BCUT2D eigenvalue weighted by Crippen LogP contribution is -2.58. The summed E-state index contributed by atoms with van der Waals surface area (Å²) in [6.07, 6.45) is 15.1. The molecule has 4 fully saturated rings. The van der Waals surface area contributed by atoms with Crippen molar-refractivity contribution in [2.24, 2.45) is 17.0 Å². The van der Waals surface area contributed by atoms with Gasteiger partial charge in [-0.3, -0.25) is 9.69 Å². The summed E-state index contributed by atoms with van der Waals surface area (Å²) in [5.74, 6) is 0.445. The molecular weight excluding hydrogens is 468 g/mol. The molecule has 0 spiro atoms. The molecule has 3 heterocycles. The predicted octanol–water partition coefficient (Wildman–Crippen LogP) is 4.75. The number of carbonyl (C=O) groups is 1. The molecule has 198 valence electrons. The Morgan fingerprint density at radius 2 is 1.59 bits per heavy atom. The minimum Gasteiger partial charge on any atom is -0.476 e. The van der Waals surface area contributed by atoms with Crippen LogP contribution in [0.4, 0.5) is 0 Å². The van der Waals surface area contributed by atoms with Crippen LogP contribution < -0.4 is 5.56 Å². The number of para-hydroxylation sites is 2. The molecular formula is C29H38N4O4. The van der Waals surface area contributed by atoms with Gasteiger partial charge in [-0.25, -0.2) is 9.78 Å². The van der Waals surface area contributed by atoms with E-state index in [1.54, 1.807) is 0 Å². The first-order chi connectivity index (χ1) is 18.0. The van der Waals surface area contributed by atoms with Crippen LogP contribution >= 0.6 is 0 Å². The number of oxime groups is 1. The first-order valence-corrected chi connectivity index (χ1v) is 14.2. The first-order valence-electron chi connectivity index (χ1n) is 14.2. The average Bonchev–Trinajstić information content (AvgIpc) is 3.05.